The molecule has 1 aliphatic rings. The number of ether oxygens (including phenoxy) is 2. The first-order valence-corrected chi connectivity index (χ1v) is 7.21. The molecule has 3 atom stereocenters. The number of hydrogen-bond acceptors (Lipinski definition) is 5. The molecule has 1 aliphatic carbocycles. The van der Waals surface area contributed by atoms with Gasteiger partial charge in [0.2, 0.25) is 0 Å². The molecule has 1 N–H and O–H groups in total. The Labute approximate surface area is 125 Å². The van der Waals surface area contributed by atoms with E-state index in [9.17, 15) is 10.1 Å². The molecule has 7 heteroatoms. The Morgan fingerprint density at radius 1 is 1.55 bits per heavy atom. The maximum atomic E-state index is 10.8. The Balaban J connectivity index is 2.01. The van der Waals surface area contributed by atoms with Crippen LogP contribution in [0.1, 0.15) is 13.3 Å². The number of benzene rings is 1. The van der Waals surface area contributed by atoms with Crippen molar-refractivity contribution in [3.63, 3.8) is 0 Å². The Morgan fingerprint density at radius 2 is 2.30 bits per heavy atom. The van der Waals surface area contributed by atoms with E-state index >= 15 is 0 Å². The number of nitro groups is 1. The van der Waals surface area contributed by atoms with E-state index in [-0.39, 0.29) is 23.9 Å². The number of nitrogens with one attached hydrogen (secondary N) is 1. The van der Waals surface area contributed by atoms with Crippen molar-refractivity contribution in [3.8, 4) is 0 Å². The number of halogens is 1. The summed E-state index contributed by atoms with van der Waals surface area (Å²) in [7, 11) is 1.66. The summed E-state index contributed by atoms with van der Waals surface area (Å²) in [5, 5.41) is 14.1. The smallest absolute Gasteiger partial charge is 0.283 e. The van der Waals surface area contributed by atoms with E-state index in [4.69, 9.17) is 9.47 Å². The van der Waals surface area contributed by atoms with Crippen molar-refractivity contribution in [1.82, 2.24) is 0 Å². The van der Waals surface area contributed by atoms with Crippen LogP contribution in [0.4, 0.5) is 11.4 Å². The molecule has 0 saturated heterocycles. The molecule has 20 heavy (non-hydrogen) atoms. The van der Waals surface area contributed by atoms with Crippen molar-refractivity contribution >= 4 is 27.3 Å². The molecule has 0 spiro atoms. The fourth-order valence-electron chi connectivity index (χ4n) is 2.37. The number of rotatable bonds is 6. The van der Waals surface area contributed by atoms with Crippen molar-refractivity contribution in [2.45, 2.75) is 31.6 Å². The molecule has 3 unspecified atom stereocenters. The van der Waals surface area contributed by atoms with E-state index in [1.165, 1.54) is 6.07 Å². The second-order valence-electron chi connectivity index (χ2n) is 4.60. The first-order chi connectivity index (χ1) is 9.56. The van der Waals surface area contributed by atoms with Gasteiger partial charge in [0.1, 0.15) is 6.10 Å². The molecule has 1 saturated carbocycles. The minimum atomic E-state index is -0.416. The molecule has 0 aromatic heterocycles. The normalized spacial score (nSPS) is 25.1. The monoisotopic (exact) mass is 344 g/mol. The summed E-state index contributed by atoms with van der Waals surface area (Å²) >= 11 is 3.21. The molecule has 1 fully saturated rings. The molecule has 0 amide bonds. The van der Waals surface area contributed by atoms with Crippen LogP contribution in [-0.2, 0) is 9.47 Å². The van der Waals surface area contributed by atoms with Crippen molar-refractivity contribution in [3.05, 3.63) is 32.8 Å². The van der Waals surface area contributed by atoms with Gasteiger partial charge < -0.3 is 14.8 Å². The van der Waals surface area contributed by atoms with Gasteiger partial charge in [-0.3, -0.25) is 10.1 Å². The second-order valence-corrected chi connectivity index (χ2v) is 5.46. The van der Waals surface area contributed by atoms with E-state index in [1.54, 1.807) is 19.2 Å². The lowest BCUT2D eigenvalue weighted by Gasteiger charge is -2.43. The van der Waals surface area contributed by atoms with E-state index in [0.717, 1.165) is 12.1 Å². The molecule has 6 nitrogen and oxygen atoms in total. The summed E-state index contributed by atoms with van der Waals surface area (Å²) in [4.78, 5) is 10.3. The van der Waals surface area contributed by atoms with E-state index < -0.39 is 4.92 Å². The van der Waals surface area contributed by atoms with Gasteiger partial charge in [0.15, 0.2) is 0 Å². The predicted molar refractivity (Wildman–Crippen MR) is 79.0 cm³/mol. The Kier molecular flexibility index (Phi) is 4.95. The topological polar surface area (TPSA) is 73.6 Å². The minimum Gasteiger partial charge on any atom is -0.379 e. The van der Waals surface area contributed by atoms with Crippen molar-refractivity contribution in [2.75, 3.05) is 19.0 Å². The van der Waals surface area contributed by atoms with Crippen LogP contribution >= 0.6 is 15.9 Å². The molecule has 0 aliphatic heterocycles. The lowest BCUT2D eigenvalue weighted by molar-refractivity contribution is -0.385. The number of nitrogens with zero attached hydrogens (tertiary/aromatic N) is 1. The maximum absolute atomic E-state index is 10.8. The zero-order chi connectivity index (χ0) is 14.7. The quantitative estimate of drug-likeness (QED) is 0.634. The number of nitro benzene ring substituents is 1. The molecule has 1 aromatic rings. The van der Waals surface area contributed by atoms with Crippen LogP contribution in [0.2, 0.25) is 0 Å². The van der Waals surface area contributed by atoms with E-state index in [1.807, 2.05) is 6.92 Å². The summed E-state index contributed by atoms with van der Waals surface area (Å²) in [6.45, 7) is 2.63. The molecule has 0 radical (unpaired) electrons. The third-order valence-corrected chi connectivity index (χ3v) is 4.03. The SMILES string of the molecule is CCOC1CC(Nc2ccc([N+](=O)[O-])c(Br)c2)C1OC. The van der Waals surface area contributed by atoms with E-state index in [2.05, 4.69) is 21.2 Å². The highest BCUT2D eigenvalue weighted by molar-refractivity contribution is 9.10. The average molecular weight is 345 g/mol. The van der Waals surface area contributed by atoms with Crippen LogP contribution in [0.25, 0.3) is 0 Å². The summed E-state index contributed by atoms with van der Waals surface area (Å²) in [6, 6.07) is 5.04. The lowest BCUT2D eigenvalue weighted by atomic mass is 9.85. The zero-order valence-electron chi connectivity index (χ0n) is 11.3. The van der Waals surface area contributed by atoms with Crippen LogP contribution < -0.4 is 5.32 Å². The highest BCUT2D eigenvalue weighted by Gasteiger charge is 2.42. The summed E-state index contributed by atoms with van der Waals surface area (Å²) in [6.07, 6.45) is 0.980. The highest BCUT2D eigenvalue weighted by Crippen LogP contribution is 2.32. The van der Waals surface area contributed by atoms with Crippen LogP contribution in [-0.4, -0.2) is 36.9 Å². The van der Waals surface area contributed by atoms with Gasteiger partial charge in [0, 0.05) is 25.5 Å². The fraction of sp³-hybridized carbons (Fsp3) is 0.538. The van der Waals surface area contributed by atoms with Gasteiger partial charge in [-0.15, -0.1) is 0 Å². The van der Waals surface area contributed by atoms with Gasteiger partial charge in [0.25, 0.3) is 5.69 Å². The van der Waals surface area contributed by atoms with Crippen LogP contribution in [0, 0.1) is 10.1 Å². The second kappa shape index (κ2) is 6.51. The molecule has 0 bridgehead atoms. The van der Waals surface area contributed by atoms with Gasteiger partial charge in [0.05, 0.1) is 21.5 Å². The van der Waals surface area contributed by atoms with Crippen LogP contribution in [0.5, 0.6) is 0 Å². The first kappa shape index (κ1) is 15.2. The van der Waals surface area contributed by atoms with Crippen LogP contribution in [0.15, 0.2) is 22.7 Å². The van der Waals surface area contributed by atoms with Crippen molar-refractivity contribution < 1.29 is 14.4 Å². The van der Waals surface area contributed by atoms with Gasteiger partial charge >= 0.3 is 0 Å². The number of hydrogen-bond donors (Lipinski definition) is 1. The standard InChI is InChI=1S/C13H17BrN2O4/c1-3-20-12-7-10(13(12)19-2)15-8-4-5-11(16(17)18)9(14)6-8/h4-6,10,12-13,15H,3,7H2,1-2H3. The Bertz CT molecular complexity index is 497. The summed E-state index contributed by atoms with van der Waals surface area (Å²) < 4.78 is 11.4. The van der Waals surface area contributed by atoms with Crippen LogP contribution in [0.3, 0.4) is 0 Å². The largest absolute Gasteiger partial charge is 0.379 e. The molecular weight excluding hydrogens is 328 g/mol. The van der Waals surface area contributed by atoms with Gasteiger partial charge in [-0.05, 0) is 41.4 Å². The summed E-state index contributed by atoms with van der Waals surface area (Å²) in [5.41, 5.74) is 0.879. The molecule has 110 valence electrons. The first-order valence-electron chi connectivity index (χ1n) is 6.41. The molecular formula is C13H17BrN2O4. The third kappa shape index (κ3) is 3.11. The highest BCUT2D eigenvalue weighted by atomic mass is 79.9. The van der Waals surface area contributed by atoms with Crippen molar-refractivity contribution in [2.24, 2.45) is 0 Å². The van der Waals surface area contributed by atoms with Gasteiger partial charge in [-0.2, -0.15) is 0 Å². The minimum absolute atomic E-state index is 0.00363. The van der Waals surface area contributed by atoms with Gasteiger partial charge in [-0.1, -0.05) is 0 Å². The van der Waals surface area contributed by atoms with Gasteiger partial charge in [-0.25, -0.2) is 0 Å². The number of anilines is 1. The molecule has 2 rings (SSSR count). The Hall–Kier alpha value is -1.18. The molecule has 1 aromatic carbocycles. The molecule has 0 heterocycles. The predicted octanol–water partition coefficient (Wildman–Crippen LogP) is 2.96. The van der Waals surface area contributed by atoms with Crippen molar-refractivity contribution in [1.29, 1.82) is 0 Å². The third-order valence-electron chi connectivity index (χ3n) is 3.40. The number of methoxy groups -OCH3 is 1. The lowest BCUT2D eigenvalue weighted by Crippen LogP contribution is -2.56. The fourth-order valence-corrected chi connectivity index (χ4v) is 2.90. The van der Waals surface area contributed by atoms with E-state index in [0.29, 0.717) is 11.1 Å². The Morgan fingerprint density at radius 3 is 2.85 bits per heavy atom. The maximum Gasteiger partial charge on any atom is 0.283 e. The average Bonchev–Trinajstić information content (AvgIpc) is 2.37. The summed E-state index contributed by atoms with van der Waals surface area (Å²) in [5.74, 6) is 0. The zero-order valence-corrected chi connectivity index (χ0v) is 12.9.